The molecule has 2 fully saturated rings. The van der Waals surface area contributed by atoms with Gasteiger partial charge in [-0.2, -0.15) is 0 Å². The van der Waals surface area contributed by atoms with Crippen molar-refractivity contribution in [3.63, 3.8) is 0 Å². The van der Waals surface area contributed by atoms with Gasteiger partial charge in [0.25, 0.3) is 0 Å². The van der Waals surface area contributed by atoms with E-state index in [9.17, 15) is 4.79 Å². The highest BCUT2D eigenvalue weighted by atomic mass is 16.5. The number of piperidine rings is 1. The normalized spacial score (nSPS) is 27.4. The van der Waals surface area contributed by atoms with Crippen LogP contribution in [0.15, 0.2) is 10.6 Å². The third-order valence-electron chi connectivity index (χ3n) is 4.23. The molecule has 0 bridgehead atoms. The fourth-order valence-corrected chi connectivity index (χ4v) is 2.96. The maximum Gasteiger partial charge on any atom is 0.303 e. The Bertz CT molecular complexity index is 453. The summed E-state index contributed by atoms with van der Waals surface area (Å²) in [6, 6.07) is 2.06. The first-order valence-electron chi connectivity index (χ1n) is 7.10. The highest BCUT2D eigenvalue weighted by molar-refractivity contribution is 5.67. The lowest BCUT2D eigenvalue weighted by Gasteiger charge is -2.30. The Morgan fingerprint density at radius 1 is 1.42 bits per heavy atom. The van der Waals surface area contributed by atoms with E-state index in [0.29, 0.717) is 11.8 Å². The summed E-state index contributed by atoms with van der Waals surface area (Å²) in [6.45, 7) is 1.80. The van der Waals surface area contributed by atoms with Crippen LogP contribution >= 0.6 is 0 Å². The average Bonchev–Trinajstić information content (AvgIpc) is 3.12. The molecule has 2 atom stereocenters. The number of carboxylic acid groups (broad SMARTS) is 1. The Kier molecular flexibility index (Phi) is 3.55. The van der Waals surface area contributed by atoms with Crippen LogP contribution in [-0.2, 0) is 11.2 Å². The van der Waals surface area contributed by atoms with E-state index in [-0.39, 0.29) is 12.3 Å². The lowest BCUT2D eigenvalue weighted by atomic mass is 9.81. The molecule has 0 spiro atoms. The first-order valence-corrected chi connectivity index (χ1v) is 7.10. The zero-order chi connectivity index (χ0) is 13.2. The molecular weight excluding hydrogens is 244 g/mol. The lowest BCUT2D eigenvalue weighted by Crippen LogP contribution is -2.38. The minimum atomic E-state index is -0.698. The summed E-state index contributed by atoms with van der Waals surface area (Å²) in [7, 11) is 0. The largest absolute Gasteiger partial charge is 0.481 e. The number of aliphatic carboxylic acids is 1. The van der Waals surface area contributed by atoms with E-state index in [4.69, 9.17) is 9.63 Å². The molecule has 19 heavy (non-hydrogen) atoms. The van der Waals surface area contributed by atoms with Crippen LogP contribution in [0.5, 0.6) is 0 Å². The number of hydrogen-bond donors (Lipinski definition) is 2. The summed E-state index contributed by atoms with van der Waals surface area (Å²) in [5, 5.41) is 16.5. The van der Waals surface area contributed by atoms with E-state index >= 15 is 0 Å². The topological polar surface area (TPSA) is 75.4 Å². The van der Waals surface area contributed by atoms with Gasteiger partial charge in [0.15, 0.2) is 0 Å². The minimum absolute atomic E-state index is 0.250. The molecule has 5 nitrogen and oxygen atoms in total. The van der Waals surface area contributed by atoms with Crippen LogP contribution in [-0.4, -0.2) is 29.3 Å². The van der Waals surface area contributed by atoms with E-state index in [2.05, 4.69) is 16.5 Å². The molecule has 0 unspecified atom stereocenters. The summed E-state index contributed by atoms with van der Waals surface area (Å²) in [5.74, 6) is 1.49. The molecule has 2 heterocycles. The highest BCUT2D eigenvalue weighted by Gasteiger charge is 2.30. The van der Waals surface area contributed by atoms with Crippen molar-refractivity contribution in [1.29, 1.82) is 0 Å². The van der Waals surface area contributed by atoms with Crippen LogP contribution in [0.1, 0.15) is 43.1 Å². The molecule has 1 aliphatic heterocycles. The zero-order valence-electron chi connectivity index (χ0n) is 11.0. The molecule has 1 saturated carbocycles. The highest BCUT2D eigenvalue weighted by Crippen LogP contribution is 2.40. The summed E-state index contributed by atoms with van der Waals surface area (Å²) in [6.07, 6.45) is 4.44. The molecule has 1 aliphatic carbocycles. The van der Waals surface area contributed by atoms with Crippen molar-refractivity contribution in [2.45, 2.75) is 38.0 Å². The van der Waals surface area contributed by atoms with Gasteiger partial charge in [-0.25, -0.2) is 0 Å². The SMILES string of the molecule is O=C(O)C[C@@H]1CCNC[C@@H]1Cc1cc(C2CC2)on1. The number of rotatable bonds is 5. The van der Waals surface area contributed by atoms with E-state index in [1.54, 1.807) is 0 Å². The van der Waals surface area contributed by atoms with Gasteiger partial charge in [0.05, 0.1) is 5.69 Å². The third kappa shape index (κ3) is 3.15. The molecule has 0 amide bonds. The van der Waals surface area contributed by atoms with Gasteiger partial charge in [-0.05, 0) is 50.6 Å². The number of nitrogens with one attached hydrogen (secondary N) is 1. The monoisotopic (exact) mass is 264 g/mol. The number of aromatic nitrogens is 1. The fourth-order valence-electron chi connectivity index (χ4n) is 2.96. The first kappa shape index (κ1) is 12.7. The second-order valence-corrected chi connectivity index (χ2v) is 5.81. The zero-order valence-corrected chi connectivity index (χ0v) is 11.0. The molecule has 0 aromatic carbocycles. The second-order valence-electron chi connectivity index (χ2n) is 5.81. The molecule has 104 valence electrons. The van der Waals surface area contributed by atoms with Crippen molar-refractivity contribution in [3.05, 3.63) is 17.5 Å². The molecule has 1 aromatic rings. The van der Waals surface area contributed by atoms with Crippen molar-refractivity contribution < 1.29 is 14.4 Å². The minimum Gasteiger partial charge on any atom is -0.481 e. The van der Waals surface area contributed by atoms with Crippen LogP contribution < -0.4 is 5.32 Å². The van der Waals surface area contributed by atoms with Crippen molar-refractivity contribution in [1.82, 2.24) is 10.5 Å². The molecule has 1 aromatic heterocycles. The molecule has 0 radical (unpaired) electrons. The molecule has 5 heteroatoms. The maximum atomic E-state index is 10.9. The smallest absolute Gasteiger partial charge is 0.303 e. The van der Waals surface area contributed by atoms with Gasteiger partial charge in [-0.3, -0.25) is 4.79 Å². The predicted octanol–water partition coefficient (Wildman–Crippen LogP) is 1.79. The standard InChI is InChI=1S/C14H20N2O3/c17-14(18)6-10-3-4-15-8-11(10)5-12-7-13(19-16-12)9-1-2-9/h7,9-11,15H,1-6,8H2,(H,17,18)/t10-,11-/m0/s1. The first-order chi connectivity index (χ1) is 9.22. The van der Waals surface area contributed by atoms with Crippen LogP contribution in [0.2, 0.25) is 0 Å². The summed E-state index contributed by atoms with van der Waals surface area (Å²) >= 11 is 0. The Morgan fingerprint density at radius 3 is 3.00 bits per heavy atom. The molecule has 2 N–H and O–H groups in total. The number of hydrogen-bond acceptors (Lipinski definition) is 4. The summed E-state index contributed by atoms with van der Waals surface area (Å²) in [5.41, 5.74) is 0.978. The van der Waals surface area contributed by atoms with Crippen LogP contribution in [0.25, 0.3) is 0 Å². The Labute approximate surface area is 112 Å². The average molecular weight is 264 g/mol. The van der Waals surface area contributed by atoms with Gasteiger partial charge in [-0.1, -0.05) is 5.16 Å². The van der Waals surface area contributed by atoms with Gasteiger partial charge < -0.3 is 14.9 Å². The second kappa shape index (κ2) is 5.33. The van der Waals surface area contributed by atoms with E-state index in [1.165, 1.54) is 12.8 Å². The quantitative estimate of drug-likeness (QED) is 0.848. The lowest BCUT2D eigenvalue weighted by molar-refractivity contribution is -0.138. The number of carbonyl (C=O) groups is 1. The van der Waals surface area contributed by atoms with Crippen molar-refractivity contribution in [2.75, 3.05) is 13.1 Å². The Balaban J connectivity index is 1.63. The van der Waals surface area contributed by atoms with Crippen molar-refractivity contribution in [2.24, 2.45) is 11.8 Å². The van der Waals surface area contributed by atoms with Crippen LogP contribution in [0, 0.1) is 11.8 Å². The number of nitrogens with zero attached hydrogens (tertiary/aromatic N) is 1. The van der Waals surface area contributed by atoms with Crippen LogP contribution in [0.3, 0.4) is 0 Å². The van der Waals surface area contributed by atoms with Gasteiger partial charge in [-0.15, -0.1) is 0 Å². The van der Waals surface area contributed by atoms with Gasteiger partial charge in [0.1, 0.15) is 5.76 Å². The third-order valence-corrected chi connectivity index (χ3v) is 4.23. The van der Waals surface area contributed by atoms with Crippen molar-refractivity contribution >= 4 is 5.97 Å². The molecular formula is C14H20N2O3. The van der Waals surface area contributed by atoms with Gasteiger partial charge in [0, 0.05) is 18.4 Å². The van der Waals surface area contributed by atoms with E-state index in [1.807, 2.05) is 0 Å². The van der Waals surface area contributed by atoms with Gasteiger partial charge >= 0.3 is 5.97 Å². The number of carboxylic acids is 1. The maximum absolute atomic E-state index is 10.9. The van der Waals surface area contributed by atoms with E-state index in [0.717, 1.165) is 37.4 Å². The Hall–Kier alpha value is -1.36. The molecule has 3 rings (SSSR count). The van der Waals surface area contributed by atoms with Crippen LogP contribution in [0.4, 0.5) is 0 Å². The Morgan fingerprint density at radius 2 is 2.26 bits per heavy atom. The predicted molar refractivity (Wildman–Crippen MR) is 68.9 cm³/mol. The van der Waals surface area contributed by atoms with Crippen molar-refractivity contribution in [3.8, 4) is 0 Å². The fraction of sp³-hybridized carbons (Fsp3) is 0.714. The molecule has 2 aliphatic rings. The van der Waals surface area contributed by atoms with E-state index < -0.39 is 5.97 Å². The van der Waals surface area contributed by atoms with Gasteiger partial charge in [0.2, 0.25) is 0 Å². The molecule has 1 saturated heterocycles. The summed E-state index contributed by atoms with van der Waals surface area (Å²) in [4.78, 5) is 10.9. The summed E-state index contributed by atoms with van der Waals surface area (Å²) < 4.78 is 5.36.